The Morgan fingerprint density at radius 1 is 1.67 bits per heavy atom. The van der Waals surface area contributed by atoms with Gasteiger partial charge >= 0.3 is 0 Å². The molecule has 0 amide bonds. The van der Waals surface area contributed by atoms with Crippen molar-refractivity contribution < 1.29 is 0 Å². The van der Waals surface area contributed by atoms with Crippen molar-refractivity contribution in [3.63, 3.8) is 0 Å². The Hall–Kier alpha value is -0.900. The van der Waals surface area contributed by atoms with Gasteiger partial charge in [-0.15, -0.1) is 0 Å². The first-order valence-corrected chi connectivity index (χ1v) is 4.35. The summed E-state index contributed by atoms with van der Waals surface area (Å²) in [6.07, 6.45) is 3.48. The van der Waals surface area contributed by atoms with Crippen molar-refractivity contribution in [3.05, 3.63) is 26.9 Å². The number of nitrogens with one attached hydrogen (secondary N) is 1. The zero-order chi connectivity index (χ0) is 9.14. The topological polar surface area (TPSA) is 37.8 Å². The van der Waals surface area contributed by atoms with E-state index >= 15 is 0 Å². The largest absolute Gasteiger partial charge is 0.338 e. The van der Waals surface area contributed by atoms with Crippen molar-refractivity contribution >= 4 is 12.2 Å². The lowest BCUT2D eigenvalue weighted by atomic mass is 10.2. The zero-order valence-electron chi connectivity index (χ0n) is 7.26. The van der Waals surface area contributed by atoms with Crippen LogP contribution in [0.1, 0.15) is 18.9 Å². The van der Waals surface area contributed by atoms with E-state index in [-0.39, 0.29) is 5.56 Å². The quantitative estimate of drug-likeness (QED) is 0.705. The summed E-state index contributed by atoms with van der Waals surface area (Å²) >= 11 is 4.89. The van der Waals surface area contributed by atoms with E-state index in [1.165, 1.54) is 4.57 Å². The molecular formula is C8H12N2OS. The first-order chi connectivity index (χ1) is 5.66. The Morgan fingerprint density at radius 2 is 2.33 bits per heavy atom. The number of rotatable bonds is 2. The van der Waals surface area contributed by atoms with Crippen LogP contribution < -0.4 is 5.56 Å². The Bertz CT molecular complexity index is 377. The summed E-state index contributed by atoms with van der Waals surface area (Å²) in [5.41, 5.74) is 0.814. The molecule has 0 radical (unpaired) electrons. The number of H-pyrrole nitrogens is 1. The van der Waals surface area contributed by atoms with Crippen molar-refractivity contribution in [1.82, 2.24) is 9.55 Å². The highest BCUT2D eigenvalue weighted by Crippen LogP contribution is 1.93. The van der Waals surface area contributed by atoms with Gasteiger partial charge in [-0.3, -0.25) is 9.36 Å². The van der Waals surface area contributed by atoms with Crippen LogP contribution in [0.2, 0.25) is 0 Å². The van der Waals surface area contributed by atoms with Crippen molar-refractivity contribution in [3.8, 4) is 0 Å². The fraction of sp³-hybridized carbons (Fsp3) is 0.500. The summed E-state index contributed by atoms with van der Waals surface area (Å²) in [7, 11) is 1.68. The minimum Gasteiger partial charge on any atom is -0.338 e. The van der Waals surface area contributed by atoms with Gasteiger partial charge in [0.25, 0.3) is 5.56 Å². The van der Waals surface area contributed by atoms with Crippen LogP contribution in [-0.2, 0) is 13.5 Å². The Labute approximate surface area is 76.1 Å². The summed E-state index contributed by atoms with van der Waals surface area (Å²) in [4.78, 5) is 14.3. The van der Waals surface area contributed by atoms with Gasteiger partial charge in [-0.1, -0.05) is 13.3 Å². The van der Waals surface area contributed by atoms with Gasteiger partial charge in [0, 0.05) is 18.8 Å². The van der Waals surface area contributed by atoms with Crippen LogP contribution in [-0.4, -0.2) is 9.55 Å². The van der Waals surface area contributed by atoms with Gasteiger partial charge in [-0.05, 0) is 18.6 Å². The Kier molecular flexibility index (Phi) is 2.81. The molecule has 1 rings (SSSR count). The van der Waals surface area contributed by atoms with Crippen LogP contribution in [0, 0.1) is 4.77 Å². The van der Waals surface area contributed by atoms with Gasteiger partial charge in [0.05, 0.1) is 0 Å². The van der Waals surface area contributed by atoms with E-state index in [2.05, 4.69) is 4.98 Å². The highest BCUT2D eigenvalue weighted by Gasteiger charge is 1.99. The molecule has 1 aromatic rings. The Balaban J connectivity index is 3.27. The van der Waals surface area contributed by atoms with Gasteiger partial charge in [0.1, 0.15) is 0 Å². The van der Waals surface area contributed by atoms with Crippen molar-refractivity contribution in [2.24, 2.45) is 7.05 Å². The van der Waals surface area contributed by atoms with Gasteiger partial charge in [0.2, 0.25) is 0 Å². The van der Waals surface area contributed by atoms with E-state index in [0.717, 1.165) is 18.4 Å². The molecule has 0 aromatic carbocycles. The van der Waals surface area contributed by atoms with Crippen molar-refractivity contribution in [1.29, 1.82) is 0 Å². The average molecular weight is 184 g/mol. The number of aromatic amines is 1. The summed E-state index contributed by atoms with van der Waals surface area (Å²) in [6, 6.07) is 0. The molecule has 0 aliphatic carbocycles. The molecule has 4 heteroatoms. The fourth-order valence-electron chi connectivity index (χ4n) is 1.06. The molecule has 0 atom stereocenters. The SMILES string of the molecule is CCCc1c[nH]c(=S)n(C)c1=O. The van der Waals surface area contributed by atoms with Crippen LogP contribution >= 0.6 is 12.2 Å². The lowest BCUT2D eigenvalue weighted by Crippen LogP contribution is -2.22. The molecule has 3 nitrogen and oxygen atoms in total. The molecule has 0 fully saturated rings. The lowest BCUT2D eigenvalue weighted by molar-refractivity contribution is 0.766. The van der Waals surface area contributed by atoms with Gasteiger partial charge in [0.15, 0.2) is 4.77 Å². The predicted octanol–water partition coefficient (Wildman–Crippen LogP) is 1.40. The molecular weight excluding hydrogens is 172 g/mol. The first-order valence-electron chi connectivity index (χ1n) is 3.94. The molecule has 1 heterocycles. The molecule has 0 bridgehead atoms. The highest BCUT2D eigenvalue weighted by molar-refractivity contribution is 7.71. The average Bonchev–Trinajstić information content (AvgIpc) is 2.07. The van der Waals surface area contributed by atoms with Crippen LogP contribution in [0.15, 0.2) is 11.0 Å². The minimum absolute atomic E-state index is 0.0144. The van der Waals surface area contributed by atoms with Gasteiger partial charge in [-0.25, -0.2) is 0 Å². The number of aryl methyl sites for hydroxylation is 1. The molecule has 0 aliphatic rings. The van der Waals surface area contributed by atoms with Gasteiger partial charge < -0.3 is 4.98 Å². The second-order valence-corrected chi connectivity index (χ2v) is 3.12. The highest BCUT2D eigenvalue weighted by atomic mass is 32.1. The van der Waals surface area contributed by atoms with E-state index in [1.807, 2.05) is 6.92 Å². The molecule has 0 saturated carbocycles. The fourth-order valence-corrected chi connectivity index (χ4v) is 1.21. The third-order valence-corrected chi connectivity index (χ3v) is 2.16. The van der Waals surface area contributed by atoms with Crippen LogP contribution in [0.25, 0.3) is 0 Å². The molecule has 1 aromatic heterocycles. The number of aromatic nitrogens is 2. The lowest BCUT2D eigenvalue weighted by Gasteiger charge is -2.00. The molecule has 0 aliphatic heterocycles. The molecule has 1 N–H and O–H groups in total. The number of hydrogen-bond donors (Lipinski definition) is 1. The van der Waals surface area contributed by atoms with Crippen molar-refractivity contribution in [2.45, 2.75) is 19.8 Å². The number of hydrogen-bond acceptors (Lipinski definition) is 2. The van der Waals surface area contributed by atoms with Crippen LogP contribution in [0.5, 0.6) is 0 Å². The second-order valence-electron chi connectivity index (χ2n) is 2.73. The molecule has 0 saturated heterocycles. The Morgan fingerprint density at radius 3 is 2.92 bits per heavy atom. The third kappa shape index (κ3) is 1.64. The molecule has 12 heavy (non-hydrogen) atoms. The first kappa shape index (κ1) is 9.19. The van der Waals surface area contributed by atoms with E-state index in [9.17, 15) is 4.79 Å². The molecule has 0 unspecified atom stereocenters. The maximum absolute atomic E-state index is 11.5. The summed E-state index contributed by atoms with van der Waals surface area (Å²) < 4.78 is 1.93. The second kappa shape index (κ2) is 3.67. The predicted molar refractivity (Wildman–Crippen MR) is 50.9 cm³/mol. The van der Waals surface area contributed by atoms with Crippen LogP contribution in [0.4, 0.5) is 0 Å². The van der Waals surface area contributed by atoms with E-state index in [4.69, 9.17) is 12.2 Å². The summed E-state index contributed by atoms with van der Waals surface area (Å²) in [5.74, 6) is 0. The van der Waals surface area contributed by atoms with E-state index in [1.54, 1.807) is 13.2 Å². The summed E-state index contributed by atoms with van der Waals surface area (Å²) in [6.45, 7) is 2.04. The smallest absolute Gasteiger partial charge is 0.257 e. The third-order valence-electron chi connectivity index (χ3n) is 1.77. The van der Waals surface area contributed by atoms with Crippen LogP contribution in [0.3, 0.4) is 0 Å². The normalized spacial score (nSPS) is 10.2. The molecule has 0 spiro atoms. The van der Waals surface area contributed by atoms with E-state index in [0.29, 0.717) is 4.77 Å². The monoisotopic (exact) mass is 184 g/mol. The minimum atomic E-state index is 0.0144. The van der Waals surface area contributed by atoms with Crippen molar-refractivity contribution in [2.75, 3.05) is 0 Å². The standard InChI is InChI=1S/C8H12N2OS/c1-3-4-6-5-9-8(12)10(2)7(6)11/h5H,3-4H2,1-2H3,(H,9,12). The molecule has 66 valence electrons. The van der Waals surface area contributed by atoms with Gasteiger partial charge in [-0.2, -0.15) is 0 Å². The number of nitrogens with zero attached hydrogens (tertiary/aromatic N) is 1. The zero-order valence-corrected chi connectivity index (χ0v) is 8.07. The maximum Gasteiger partial charge on any atom is 0.257 e. The van der Waals surface area contributed by atoms with E-state index < -0.39 is 0 Å². The summed E-state index contributed by atoms with van der Waals surface area (Å²) in [5, 5.41) is 0. The maximum atomic E-state index is 11.5.